The fraction of sp³-hybridized carbons (Fsp3) is 0.413. The van der Waals surface area contributed by atoms with Crippen LogP contribution in [0.25, 0.3) is 22.3 Å². The molecule has 5 aliphatic rings. The van der Waals surface area contributed by atoms with Gasteiger partial charge in [0.2, 0.25) is 11.8 Å². The Morgan fingerprint density at radius 3 is 2.28 bits per heavy atom. The highest BCUT2D eigenvalue weighted by molar-refractivity contribution is 6.05. The standard InChI is InChI=1S/C46H50N10O5/c47-42-40-41(30-8-11-36(12-9-30)61-35-6-2-1-3-7-35)51-56(43(40)49-28-48-42)34-5-4-20-54(27-34)33-18-23-53(24-19-33)46(60)52-21-16-29(17-22-52)31-10-13-37-32(25-31)26-55(45(37)59)38-14-15-39(57)50-44(38)58/h1-3,6-13,25,28-29,33-34,38H,4-5,14-24,26-27H2,(H2,47,48,49)(H,50,57,58)/t34-,38?/m1/s1. The maximum Gasteiger partial charge on any atom is 0.319 e. The molecule has 0 radical (unpaired) electrons. The number of urea groups is 1. The number of benzene rings is 3. The largest absolute Gasteiger partial charge is 0.457 e. The number of nitrogens with zero attached hydrogens (tertiary/aromatic N) is 8. The number of fused-ring (bicyclic) bond motifs is 2. The lowest BCUT2D eigenvalue weighted by Crippen LogP contribution is -2.53. The molecule has 61 heavy (non-hydrogen) atoms. The highest BCUT2D eigenvalue weighted by Crippen LogP contribution is 2.37. The van der Waals surface area contributed by atoms with Crippen LogP contribution in [0.4, 0.5) is 10.6 Å². The van der Waals surface area contributed by atoms with E-state index in [1.54, 1.807) is 4.90 Å². The molecule has 3 N–H and O–H groups in total. The quantitative estimate of drug-likeness (QED) is 0.193. The summed E-state index contributed by atoms with van der Waals surface area (Å²) < 4.78 is 8.09. The third-order valence-electron chi connectivity index (χ3n) is 13.4. The van der Waals surface area contributed by atoms with Crippen molar-refractivity contribution in [2.75, 3.05) is 45.0 Å². The van der Waals surface area contributed by atoms with Gasteiger partial charge in [-0.3, -0.25) is 24.6 Å². The number of nitrogens with two attached hydrogens (primary N) is 1. The third-order valence-corrected chi connectivity index (χ3v) is 13.4. The molecule has 5 aromatic rings. The Kier molecular flexibility index (Phi) is 10.3. The van der Waals surface area contributed by atoms with Gasteiger partial charge in [-0.05, 0) is 111 Å². The van der Waals surface area contributed by atoms with E-state index in [1.807, 2.05) is 76.5 Å². The number of hydrogen-bond donors (Lipinski definition) is 2. The summed E-state index contributed by atoms with van der Waals surface area (Å²) in [6, 6.07) is 23.6. The van der Waals surface area contributed by atoms with Gasteiger partial charge in [-0.25, -0.2) is 19.4 Å². The van der Waals surface area contributed by atoms with Crippen molar-refractivity contribution < 1.29 is 23.9 Å². The number of hydrogen-bond acceptors (Lipinski definition) is 10. The van der Waals surface area contributed by atoms with Crippen LogP contribution in [0.1, 0.15) is 84.8 Å². The number of piperidine rings is 4. The Morgan fingerprint density at radius 2 is 1.52 bits per heavy atom. The topological polar surface area (TPSA) is 172 Å². The number of imide groups is 1. The van der Waals surface area contributed by atoms with Crippen LogP contribution in [0.15, 0.2) is 79.1 Å². The first-order valence-electron chi connectivity index (χ1n) is 21.6. The number of ether oxygens (including phenoxy) is 1. The molecule has 3 aromatic carbocycles. The number of rotatable bonds is 7. The molecule has 1 unspecified atom stereocenters. The van der Waals surface area contributed by atoms with Gasteiger partial charge in [0.25, 0.3) is 5.91 Å². The van der Waals surface area contributed by atoms with Crippen LogP contribution < -0.4 is 15.8 Å². The number of carbonyl (C=O) groups is 4. The van der Waals surface area contributed by atoms with E-state index in [2.05, 4.69) is 25.9 Å². The van der Waals surface area contributed by atoms with Gasteiger partial charge in [0.15, 0.2) is 5.65 Å². The molecule has 0 bridgehead atoms. The molecule has 5 amide bonds. The lowest BCUT2D eigenvalue weighted by molar-refractivity contribution is -0.136. The SMILES string of the molecule is Nc1ncnc2c1c(-c1ccc(Oc3ccccc3)cc1)nn2[C@@H]1CCCN(C2CCN(C(=O)N3CCC(c4ccc5c(c4)CN(C4CCC(=O)NC4=O)C5=O)CC3)CC2)C1. The van der Waals surface area contributed by atoms with Gasteiger partial charge in [-0.1, -0.05) is 30.3 Å². The number of amides is 5. The molecule has 2 aromatic heterocycles. The normalized spacial score (nSPS) is 21.8. The Hall–Kier alpha value is -6.35. The van der Waals surface area contributed by atoms with Crippen molar-refractivity contribution in [3.8, 4) is 22.8 Å². The number of likely N-dealkylation sites (tertiary alicyclic amines) is 3. The maximum absolute atomic E-state index is 13.8. The summed E-state index contributed by atoms with van der Waals surface area (Å²) in [4.78, 5) is 68.4. The van der Waals surface area contributed by atoms with Crippen LogP contribution in [0, 0.1) is 0 Å². The maximum atomic E-state index is 13.8. The van der Waals surface area contributed by atoms with Crippen molar-refractivity contribution in [2.45, 2.75) is 82.0 Å². The van der Waals surface area contributed by atoms with E-state index in [0.29, 0.717) is 43.5 Å². The van der Waals surface area contributed by atoms with E-state index in [-0.39, 0.29) is 36.2 Å². The molecule has 314 valence electrons. The van der Waals surface area contributed by atoms with Gasteiger partial charge in [0.1, 0.15) is 35.4 Å². The molecule has 0 aliphatic carbocycles. The number of anilines is 1. The van der Waals surface area contributed by atoms with Crippen molar-refractivity contribution in [2.24, 2.45) is 0 Å². The van der Waals surface area contributed by atoms with E-state index in [4.69, 9.17) is 20.6 Å². The van der Waals surface area contributed by atoms with Gasteiger partial charge >= 0.3 is 6.03 Å². The van der Waals surface area contributed by atoms with Gasteiger partial charge in [-0.2, -0.15) is 5.10 Å². The minimum Gasteiger partial charge on any atom is -0.457 e. The molecule has 2 atom stereocenters. The highest BCUT2D eigenvalue weighted by Gasteiger charge is 2.40. The van der Waals surface area contributed by atoms with Crippen molar-refractivity contribution in [1.82, 2.24) is 44.7 Å². The highest BCUT2D eigenvalue weighted by atomic mass is 16.5. The molecule has 15 nitrogen and oxygen atoms in total. The Labute approximate surface area is 353 Å². The Morgan fingerprint density at radius 1 is 0.787 bits per heavy atom. The van der Waals surface area contributed by atoms with Crippen LogP contribution in [0.2, 0.25) is 0 Å². The zero-order valence-electron chi connectivity index (χ0n) is 34.1. The van der Waals surface area contributed by atoms with Crippen molar-refractivity contribution in [1.29, 1.82) is 0 Å². The Bertz CT molecular complexity index is 2480. The summed E-state index contributed by atoms with van der Waals surface area (Å²) >= 11 is 0. The minimum absolute atomic E-state index is 0.122. The molecule has 10 rings (SSSR count). The summed E-state index contributed by atoms with van der Waals surface area (Å²) in [6.45, 7) is 5.07. The van der Waals surface area contributed by atoms with Gasteiger partial charge in [-0.15, -0.1) is 0 Å². The van der Waals surface area contributed by atoms with Crippen LogP contribution in [0.3, 0.4) is 0 Å². The van der Waals surface area contributed by atoms with Crippen molar-refractivity contribution in [3.63, 3.8) is 0 Å². The summed E-state index contributed by atoms with van der Waals surface area (Å²) in [5, 5.41) is 8.29. The Balaban J connectivity index is 0.739. The lowest BCUT2D eigenvalue weighted by atomic mass is 9.88. The van der Waals surface area contributed by atoms with Crippen LogP contribution >= 0.6 is 0 Å². The number of carbonyl (C=O) groups excluding carboxylic acids is 4. The molecule has 0 spiro atoms. The molecule has 4 fully saturated rings. The van der Waals surface area contributed by atoms with Gasteiger partial charge < -0.3 is 25.2 Å². The fourth-order valence-electron chi connectivity index (χ4n) is 10.1. The molecular formula is C46H50N10O5. The first kappa shape index (κ1) is 38.8. The summed E-state index contributed by atoms with van der Waals surface area (Å²) in [7, 11) is 0. The zero-order valence-corrected chi connectivity index (χ0v) is 34.1. The van der Waals surface area contributed by atoms with E-state index in [0.717, 1.165) is 104 Å². The number of nitrogens with one attached hydrogen (secondary N) is 1. The van der Waals surface area contributed by atoms with Gasteiger partial charge in [0.05, 0.1) is 11.4 Å². The summed E-state index contributed by atoms with van der Waals surface area (Å²) in [5.41, 5.74) is 11.6. The second kappa shape index (κ2) is 16.3. The van der Waals surface area contributed by atoms with E-state index in [9.17, 15) is 19.2 Å². The van der Waals surface area contributed by atoms with Crippen LogP contribution in [-0.2, 0) is 16.1 Å². The molecule has 15 heteroatoms. The van der Waals surface area contributed by atoms with Crippen LogP contribution in [-0.4, -0.2) is 114 Å². The van der Waals surface area contributed by atoms with E-state index >= 15 is 0 Å². The van der Waals surface area contributed by atoms with E-state index in [1.165, 1.54) is 11.9 Å². The number of nitrogen functional groups attached to an aromatic ring is 1. The molecular weight excluding hydrogens is 773 g/mol. The fourth-order valence-corrected chi connectivity index (χ4v) is 10.1. The monoisotopic (exact) mass is 822 g/mol. The predicted octanol–water partition coefficient (Wildman–Crippen LogP) is 5.73. The minimum atomic E-state index is -0.623. The third kappa shape index (κ3) is 7.55. The lowest BCUT2D eigenvalue weighted by Gasteiger charge is -2.43. The van der Waals surface area contributed by atoms with Crippen LogP contribution in [0.5, 0.6) is 11.5 Å². The second-order valence-corrected chi connectivity index (χ2v) is 17.1. The zero-order chi connectivity index (χ0) is 41.6. The number of para-hydroxylation sites is 1. The first-order valence-corrected chi connectivity index (χ1v) is 21.6. The average Bonchev–Trinajstić information content (AvgIpc) is 3.85. The summed E-state index contributed by atoms with van der Waals surface area (Å²) in [5.74, 6) is 1.36. The van der Waals surface area contributed by atoms with E-state index < -0.39 is 11.9 Å². The second-order valence-electron chi connectivity index (χ2n) is 17.1. The van der Waals surface area contributed by atoms with Crippen molar-refractivity contribution >= 4 is 40.6 Å². The molecule has 5 aliphatic heterocycles. The summed E-state index contributed by atoms with van der Waals surface area (Å²) in [6.07, 6.45) is 7.69. The molecule has 4 saturated heterocycles. The van der Waals surface area contributed by atoms with Crippen molar-refractivity contribution in [3.05, 3.63) is 95.8 Å². The molecule has 0 saturated carbocycles. The smallest absolute Gasteiger partial charge is 0.319 e. The average molecular weight is 823 g/mol. The predicted molar refractivity (Wildman–Crippen MR) is 228 cm³/mol. The first-order chi connectivity index (χ1) is 29.8. The van der Waals surface area contributed by atoms with Gasteiger partial charge in [0, 0.05) is 62.9 Å². The number of aromatic nitrogens is 4. The molecule has 7 heterocycles.